The van der Waals surface area contributed by atoms with Crippen molar-refractivity contribution < 1.29 is 19.1 Å². The molecule has 8 heterocycles. The lowest BCUT2D eigenvalue weighted by atomic mass is 10.1. The summed E-state index contributed by atoms with van der Waals surface area (Å²) in [5, 5.41) is 4.39. The van der Waals surface area contributed by atoms with Gasteiger partial charge in [0.25, 0.3) is 17.0 Å². The number of para-hydroxylation sites is 2. The monoisotopic (exact) mass is 898 g/mol. The minimum absolute atomic E-state index is 0.0272. The molecule has 2 saturated heterocycles. The predicted octanol–water partition coefficient (Wildman–Crippen LogP) is 3.70. The molecule has 0 unspecified atom stereocenters. The number of fused-ring (bicyclic) bond motifs is 10. The number of hydrogen-bond donors (Lipinski definition) is 3. The molecule has 0 aliphatic carbocycles. The number of nitrogens with zero attached hydrogens (tertiary/aromatic N) is 7. The molecular weight excluding hydrogens is 856 g/mol. The van der Waals surface area contributed by atoms with Crippen LogP contribution in [0.25, 0.3) is 55.2 Å². The van der Waals surface area contributed by atoms with Crippen molar-refractivity contribution in [1.82, 2.24) is 43.9 Å². The molecule has 0 atom stereocenters. The average molecular weight is 899 g/mol. The number of halogens is 1. The van der Waals surface area contributed by atoms with Crippen LogP contribution in [0, 0.1) is 0 Å². The summed E-state index contributed by atoms with van der Waals surface area (Å²) >= 11 is 6.02. The Morgan fingerprint density at radius 2 is 1.25 bits per heavy atom. The van der Waals surface area contributed by atoms with Gasteiger partial charge in [-0.25, -0.2) is 14.8 Å². The zero-order valence-electron chi connectivity index (χ0n) is 35.5. The van der Waals surface area contributed by atoms with E-state index < -0.39 is 28.3 Å². The summed E-state index contributed by atoms with van der Waals surface area (Å²) in [5.41, 5.74) is -0.388. The first kappa shape index (κ1) is 42.8. The summed E-state index contributed by atoms with van der Waals surface area (Å²) in [7, 11) is 0. The highest BCUT2D eigenvalue weighted by Crippen LogP contribution is 2.24. The molecule has 2 aliphatic rings. The maximum absolute atomic E-state index is 13.8. The predicted molar refractivity (Wildman–Crippen MR) is 248 cm³/mol. The highest BCUT2D eigenvalue weighted by atomic mass is 35.5. The van der Waals surface area contributed by atoms with Gasteiger partial charge in [0.05, 0.1) is 39.2 Å². The van der Waals surface area contributed by atoms with Gasteiger partial charge in [0.2, 0.25) is 16.8 Å². The molecule has 0 spiro atoms. The summed E-state index contributed by atoms with van der Waals surface area (Å²) in [6.45, 7) is 8.82. The molecule has 3 N–H and O–H groups in total. The first-order valence-corrected chi connectivity index (χ1v) is 21.7. The van der Waals surface area contributed by atoms with Crippen molar-refractivity contribution in [1.29, 1.82) is 0 Å². The number of esters is 1. The second kappa shape index (κ2) is 17.6. The van der Waals surface area contributed by atoms with Crippen molar-refractivity contribution in [3.05, 3.63) is 130 Å². The third kappa shape index (κ3) is 7.84. The number of hydrogen-bond acceptors (Lipinski definition) is 12. The van der Waals surface area contributed by atoms with E-state index in [1.807, 2.05) is 6.07 Å². The molecule has 332 valence electrons. The molecule has 18 nitrogen and oxygen atoms in total. The van der Waals surface area contributed by atoms with Gasteiger partial charge in [-0.05, 0) is 81.4 Å². The molecule has 2 aromatic carbocycles. The molecule has 2 amide bonds. The van der Waals surface area contributed by atoms with Gasteiger partial charge in [-0.2, -0.15) is 0 Å². The maximum Gasteiger partial charge on any atom is 0.345 e. The van der Waals surface area contributed by atoms with Crippen LogP contribution in [-0.4, -0.2) is 115 Å². The van der Waals surface area contributed by atoms with Gasteiger partial charge in [-0.15, -0.1) is 0 Å². The van der Waals surface area contributed by atoms with Crippen LogP contribution in [0.15, 0.2) is 92.0 Å². The van der Waals surface area contributed by atoms with Crippen LogP contribution in [0.4, 0.5) is 5.82 Å². The second-order valence-electron chi connectivity index (χ2n) is 15.8. The van der Waals surface area contributed by atoms with Crippen molar-refractivity contribution in [2.45, 2.75) is 26.7 Å². The molecule has 65 heavy (non-hydrogen) atoms. The Bertz CT molecular complexity index is 3500. The molecule has 19 heteroatoms. The fraction of sp³-hybridized carbons (Fsp3) is 0.283. The van der Waals surface area contributed by atoms with E-state index in [-0.39, 0.29) is 56.7 Å². The van der Waals surface area contributed by atoms with Crippen LogP contribution >= 0.6 is 11.6 Å². The SMILES string of the molecule is CC(=O)N1CCN(c2ccc3c(=O)c(C(=O)NCCN4CCCC4)c4[nH]c(=O)c5ccccc5n4c3n2)CC1.CCOC(=O)c1c(=O)c2ccc(Cl)nc2n2c1[nH]c(=O)c1ccccc12. The number of carbonyl (C=O) groups is 3. The Labute approximate surface area is 373 Å². The Balaban J connectivity index is 0.000000178. The van der Waals surface area contributed by atoms with Gasteiger partial charge in [0, 0.05) is 46.2 Å². The van der Waals surface area contributed by atoms with Crippen LogP contribution in [0.5, 0.6) is 0 Å². The molecule has 0 bridgehead atoms. The molecule has 2 aliphatic heterocycles. The molecule has 0 radical (unpaired) electrons. The topological polar surface area (TPSA) is 217 Å². The molecule has 8 aromatic rings. The van der Waals surface area contributed by atoms with E-state index in [1.54, 1.807) is 82.1 Å². The standard InChI is InChI=1S/C28H31N7O4.C18H12ClN3O4/c1-18(36)33-14-16-34(17-15-33)22-9-8-20-24(37)23(28(39)29-10-13-32-11-4-5-12-32)26-31-27(38)19-6-2-3-7-21(19)35(26)25(20)30-22;1-2-26-18(25)13-14(23)10-7-8-12(19)20-15(10)22-11-6-4-3-5-9(11)17(24)21-16(13)22/h2-3,6-9H,4-5,10-17H2,1H3,(H,29,39)(H,31,38);3-8H,2H2,1H3,(H,21,24). The third-order valence-electron chi connectivity index (χ3n) is 11.9. The van der Waals surface area contributed by atoms with Crippen LogP contribution in [0.2, 0.25) is 5.15 Å². The first-order chi connectivity index (χ1) is 31.4. The highest BCUT2D eigenvalue weighted by Gasteiger charge is 2.26. The van der Waals surface area contributed by atoms with E-state index >= 15 is 0 Å². The number of carbonyl (C=O) groups excluding carboxylic acids is 3. The minimum atomic E-state index is -0.808. The van der Waals surface area contributed by atoms with Gasteiger partial charge < -0.3 is 34.7 Å². The fourth-order valence-electron chi connectivity index (χ4n) is 8.71. The Hall–Kier alpha value is -7.44. The Morgan fingerprint density at radius 1 is 0.692 bits per heavy atom. The minimum Gasteiger partial charge on any atom is -0.462 e. The lowest BCUT2D eigenvalue weighted by Gasteiger charge is -2.35. The number of piperazine rings is 1. The number of anilines is 1. The number of likely N-dealkylation sites (tertiary alicyclic amines) is 1. The highest BCUT2D eigenvalue weighted by molar-refractivity contribution is 6.29. The molecule has 2 fully saturated rings. The van der Waals surface area contributed by atoms with Gasteiger partial charge in [-0.3, -0.25) is 37.6 Å². The smallest absolute Gasteiger partial charge is 0.345 e. The van der Waals surface area contributed by atoms with E-state index in [9.17, 15) is 33.6 Å². The van der Waals surface area contributed by atoms with Crippen molar-refractivity contribution in [3.63, 3.8) is 0 Å². The number of benzene rings is 2. The quantitative estimate of drug-likeness (QED) is 0.119. The number of ether oxygens (including phenoxy) is 1. The van der Waals surface area contributed by atoms with Crippen molar-refractivity contribution >= 4 is 90.4 Å². The van der Waals surface area contributed by atoms with Crippen molar-refractivity contribution in [3.8, 4) is 0 Å². The molecule has 0 saturated carbocycles. The van der Waals surface area contributed by atoms with Crippen LogP contribution in [0.3, 0.4) is 0 Å². The van der Waals surface area contributed by atoms with Gasteiger partial charge in [0.15, 0.2) is 11.3 Å². The maximum atomic E-state index is 13.8. The van der Waals surface area contributed by atoms with E-state index in [0.717, 1.165) is 25.9 Å². The number of aromatic nitrogens is 6. The van der Waals surface area contributed by atoms with E-state index in [4.69, 9.17) is 21.3 Å². The zero-order chi connectivity index (χ0) is 45.5. The number of amides is 2. The lowest BCUT2D eigenvalue weighted by Crippen LogP contribution is -2.48. The molecular formula is C46H43ClN10O8. The Morgan fingerprint density at radius 3 is 1.85 bits per heavy atom. The van der Waals surface area contributed by atoms with Crippen molar-refractivity contribution in [2.75, 3.05) is 63.9 Å². The summed E-state index contributed by atoms with van der Waals surface area (Å²) in [5.74, 6) is -0.621. The number of rotatable bonds is 7. The largest absolute Gasteiger partial charge is 0.462 e. The van der Waals surface area contributed by atoms with E-state index in [1.165, 1.54) is 12.1 Å². The van der Waals surface area contributed by atoms with Gasteiger partial charge in [-0.1, -0.05) is 35.9 Å². The van der Waals surface area contributed by atoms with Crippen LogP contribution < -0.4 is 32.2 Å². The van der Waals surface area contributed by atoms with Gasteiger partial charge >= 0.3 is 5.97 Å². The average Bonchev–Trinajstić information content (AvgIpc) is 3.83. The second-order valence-corrected chi connectivity index (χ2v) is 16.2. The third-order valence-corrected chi connectivity index (χ3v) is 12.1. The number of aromatic amines is 2. The summed E-state index contributed by atoms with van der Waals surface area (Å²) in [6, 6.07) is 20.4. The summed E-state index contributed by atoms with van der Waals surface area (Å²) < 4.78 is 8.27. The Kier molecular flexibility index (Phi) is 11.6. The summed E-state index contributed by atoms with van der Waals surface area (Å²) in [4.78, 5) is 110. The normalized spacial score (nSPS) is 14.4. The van der Waals surface area contributed by atoms with E-state index in [2.05, 4.69) is 30.1 Å². The van der Waals surface area contributed by atoms with Crippen molar-refractivity contribution in [2.24, 2.45) is 0 Å². The summed E-state index contributed by atoms with van der Waals surface area (Å²) in [6.07, 6.45) is 2.31. The lowest BCUT2D eigenvalue weighted by molar-refractivity contribution is -0.129. The zero-order valence-corrected chi connectivity index (χ0v) is 36.2. The van der Waals surface area contributed by atoms with E-state index in [0.29, 0.717) is 77.9 Å². The van der Waals surface area contributed by atoms with Crippen LogP contribution in [0.1, 0.15) is 47.4 Å². The number of H-pyrrole nitrogens is 2. The molecule has 6 aromatic heterocycles. The van der Waals surface area contributed by atoms with Gasteiger partial charge in [0.1, 0.15) is 33.4 Å². The first-order valence-electron chi connectivity index (χ1n) is 21.3. The fourth-order valence-corrected chi connectivity index (χ4v) is 8.85. The molecule has 10 rings (SSSR count). The number of pyridine rings is 4. The van der Waals surface area contributed by atoms with Crippen LogP contribution in [-0.2, 0) is 9.53 Å². The number of nitrogens with one attached hydrogen (secondary N) is 3.